The Kier molecular flexibility index (Phi) is 4.32. The number of ketones is 1. The van der Waals surface area contributed by atoms with E-state index in [1.54, 1.807) is 12.1 Å². The molecule has 0 saturated heterocycles. The number of benzene rings is 1. The summed E-state index contributed by atoms with van der Waals surface area (Å²) in [7, 11) is 0. The predicted octanol–water partition coefficient (Wildman–Crippen LogP) is 4.74. The summed E-state index contributed by atoms with van der Waals surface area (Å²) in [6, 6.07) is 4.58. The van der Waals surface area contributed by atoms with Gasteiger partial charge in [-0.15, -0.1) is 0 Å². The molecule has 0 atom stereocenters. The van der Waals surface area contributed by atoms with Gasteiger partial charge in [-0.2, -0.15) is 0 Å². The largest absolute Gasteiger partial charge is 0.294 e. The highest BCUT2D eigenvalue weighted by Gasteiger charge is 2.23. The molecule has 1 nitrogen and oxygen atoms in total. The number of rotatable bonds is 2. The van der Waals surface area contributed by atoms with Crippen LogP contribution < -0.4 is 0 Å². The predicted molar refractivity (Wildman–Crippen MR) is 69.6 cm³/mol. The van der Waals surface area contributed by atoms with Crippen LogP contribution in [0.3, 0.4) is 0 Å². The molecule has 0 bridgehead atoms. The van der Waals surface area contributed by atoms with Crippen LogP contribution in [0.1, 0.15) is 48.9 Å². The van der Waals surface area contributed by atoms with E-state index in [4.69, 9.17) is 0 Å². The second kappa shape index (κ2) is 5.76. The molecule has 2 rings (SSSR count). The van der Waals surface area contributed by atoms with Crippen molar-refractivity contribution in [3.8, 4) is 0 Å². The smallest absolute Gasteiger partial charge is 0.168 e. The van der Waals surface area contributed by atoms with Crippen molar-refractivity contribution in [3.63, 3.8) is 0 Å². The molecule has 0 spiro atoms. The van der Waals surface area contributed by atoms with E-state index in [9.17, 15) is 9.18 Å². The third-order valence-electron chi connectivity index (χ3n) is 3.42. The molecule has 1 fully saturated rings. The van der Waals surface area contributed by atoms with Crippen molar-refractivity contribution in [1.82, 2.24) is 0 Å². The second-order valence-corrected chi connectivity index (χ2v) is 5.59. The Balaban J connectivity index is 2.20. The first-order valence-electron chi connectivity index (χ1n) is 6.18. The summed E-state index contributed by atoms with van der Waals surface area (Å²) >= 11 is 3.29. The number of halogens is 2. The summed E-state index contributed by atoms with van der Waals surface area (Å²) in [6.45, 7) is 0. The molecule has 17 heavy (non-hydrogen) atoms. The summed E-state index contributed by atoms with van der Waals surface area (Å²) in [5, 5.41) is 0. The van der Waals surface area contributed by atoms with Crippen LogP contribution in [0, 0.1) is 11.7 Å². The monoisotopic (exact) mass is 298 g/mol. The molecule has 3 heteroatoms. The summed E-state index contributed by atoms with van der Waals surface area (Å²) in [6.07, 6.45) is 6.39. The van der Waals surface area contributed by atoms with E-state index in [2.05, 4.69) is 15.9 Å². The van der Waals surface area contributed by atoms with E-state index in [1.165, 1.54) is 18.9 Å². The first-order valence-corrected chi connectivity index (χ1v) is 6.97. The lowest BCUT2D eigenvalue weighted by Gasteiger charge is -2.13. The number of hydrogen-bond donors (Lipinski definition) is 0. The molecule has 0 amide bonds. The van der Waals surface area contributed by atoms with Gasteiger partial charge in [0.1, 0.15) is 5.82 Å². The number of hydrogen-bond acceptors (Lipinski definition) is 1. The molecular formula is C14H16BrFO. The first kappa shape index (κ1) is 12.7. The standard InChI is InChI=1S/C14H16BrFO/c15-11-7-8-13(16)12(9-11)14(17)10-5-3-1-2-4-6-10/h7-10H,1-6H2. The summed E-state index contributed by atoms with van der Waals surface area (Å²) in [4.78, 5) is 12.3. The van der Waals surface area contributed by atoms with Gasteiger partial charge >= 0.3 is 0 Å². The quantitative estimate of drug-likeness (QED) is 0.569. The Morgan fingerprint density at radius 2 is 1.82 bits per heavy atom. The van der Waals surface area contributed by atoms with Gasteiger partial charge in [-0.25, -0.2) is 4.39 Å². The SMILES string of the molecule is O=C(c1cc(Br)ccc1F)C1CCCCCC1. The van der Waals surface area contributed by atoms with Crippen molar-refractivity contribution >= 4 is 21.7 Å². The molecule has 92 valence electrons. The molecule has 0 radical (unpaired) electrons. The molecule has 1 aliphatic carbocycles. The number of carbonyl (C=O) groups is 1. The van der Waals surface area contributed by atoms with Crippen molar-refractivity contribution in [2.45, 2.75) is 38.5 Å². The van der Waals surface area contributed by atoms with Gasteiger partial charge in [0, 0.05) is 10.4 Å². The zero-order valence-corrected chi connectivity index (χ0v) is 11.3. The molecule has 0 unspecified atom stereocenters. The van der Waals surface area contributed by atoms with Crippen LogP contribution in [0.15, 0.2) is 22.7 Å². The Bertz CT molecular complexity index is 409. The van der Waals surface area contributed by atoms with Crippen molar-refractivity contribution in [3.05, 3.63) is 34.1 Å². The average molecular weight is 299 g/mol. The lowest BCUT2D eigenvalue weighted by molar-refractivity contribution is 0.0903. The van der Waals surface area contributed by atoms with E-state index in [-0.39, 0.29) is 17.3 Å². The summed E-state index contributed by atoms with van der Waals surface area (Å²) < 4.78 is 14.4. The normalized spacial score (nSPS) is 17.8. The summed E-state index contributed by atoms with van der Waals surface area (Å²) in [5.74, 6) is -0.408. The fourth-order valence-electron chi connectivity index (χ4n) is 2.45. The highest BCUT2D eigenvalue weighted by atomic mass is 79.9. The third-order valence-corrected chi connectivity index (χ3v) is 3.91. The maximum absolute atomic E-state index is 13.6. The minimum atomic E-state index is -0.401. The molecule has 0 aromatic heterocycles. The minimum Gasteiger partial charge on any atom is -0.294 e. The van der Waals surface area contributed by atoms with E-state index in [0.29, 0.717) is 0 Å². The molecule has 1 aromatic carbocycles. The first-order chi connectivity index (χ1) is 8.18. The zero-order chi connectivity index (χ0) is 12.3. The summed E-state index contributed by atoms with van der Waals surface area (Å²) in [5.41, 5.74) is 0.242. The topological polar surface area (TPSA) is 17.1 Å². The van der Waals surface area contributed by atoms with Crippen molar-refractivity contribution in [1.29, 1.82) is 0 Å². The van der Waals surface area contributed by atoms with Crippen molar-refractivity contribution in [2.24, 2.45) is 5.92 Å². The number of carbonyl (C=O) groups excluding carboxylic acids is 1. The number of Topliss-reactive ketones (excluding diaryl/α,β-unsaturated/α-hetero) is 1. The van der Waals surface area contributed by atoms with Gasteiger partial charge < -0.3 is 0 Å². The maximum Gasteiger partial charge on any atom is 0.168 e. The van der Waals surface area contributed by atoms with Crippen LogP contribution in [-0.2, 0) is 0 Å². The second-order valence-electron chi connectivity index (χ2n) is 4.68. The van der Waals surface area contributed by atoms with Crippen LogP contribution in [0.25, 0.3) is 0 Å². The highest BCUT2D eigenvalue weighted by Crippen LogP contribution is 2.27. The Hall–Kier alpha value is -0.700. The van der Waals surface area contributed by atoms with E-state index >= 15 is 0 Å². The van der Waals surface area contributed by atoms with Crippen LogP contribution in [0.2, 0.25) is 0 Å². The Morgan fingerprint density at radius 3 is 2.47 bits per heavy atom. The van der Waals surface area contributed by atoms with Crippen LogP contribution in [0.5, 0.6) is 0 Å². The van der Waals surface area contributed by atoms with Crippen LogP contribution in [-0.4, -0.2) is 5.78 Å². The Labute approximate surface area is 110 Å². The molecule has 0 aliphatic heterocycles. The van der Waals surface area contributed by atoms with Crippen molar-refractivity contribution in [2.75, 3.05) is 0 Å². The molecular weight excluding hydrogens is 283 g/mol. The van der Waals surface area contributed by atoms with Gasteiger partial charge in [0.2, 0.25) is 0 Å². The molecule has 0 N–H and O–H groups in total. The molecule has 0 heterocycles. The molecule has 1 saturated carbocycles. The van der Waals surface area contributed by atoms with Crippen molar-refractivity contribution < 1.29 is 9.18 Å². The van der Waals surface area contributed by atoms with Gasteiger partial charge in [-0.1, -0.05) is 41.6 Å². The zero-order valence-electron chi connectivity index (χ0n) is 9.72. The van der Waals surface area contributed by atoms with Crippen LogP contribution in [0.4, 0.5) is 4.39 Å². The van der Waals surface area contributed by atoms with Crippen LogP contribution >= 0.6 is 15.9 Å². The van der Waals surface area contributed by atoms with Gasteiger partial charge in [0.15, 0.2) is 5.78 Å². The third kappa shape index (κ3) is 3.15. The van der Waals surface area contributed by atoms with Gasteiger partial charge in [0.05, 0.1) is 5.56 Å². The average Bonchev–Trinajstić information content (AvgIpc) is 2.60. The van der Waals surface area contributed by atoms with E-state index < -0.39 is 5.82 Å². The lowest BCUT2D eigenvalue weighted by atomic mass is 9.91. The van der Waals surface area contributed by atoms with Gasteiger partial charge in [-0.05, 0) is 31.0 Å². The fourth-order valence-corrected chi connectivity index (χ4v) is 2.81. The van der Waals surface area contributed by atoms with E-state index in [0.717, 1.165) is 30.2 Å². The Morgan fingerprint density at radius 1 is 1.18 bits per heavy atom. The van der Waals surface area contributed by atoms with E-state index in [1.807, 2.05) is 0 Å². The van der Waals surface area contributed by atoms with Gasteiger partial charge in [-0.3, -0.25) is 4.79 Å². The molecule has 1 aromatic rings. The maximum atomic E-state index is 13.6. The molecule has 1 aliphatic rings. The fraction of sp³-hybridized carbons (Fsp3) is 0.500. The highest BCUT2D eigenvalue weighted by molar-refractivity contribution is 9.10. The minimum absolute atomic E-state index is 0.0151. The lowest BCUT2D eigenvalue weighted by Crippen LogP contribution is -2.15. The van der Waals surface area contributed by atoms with Gasteiger partial charge in [0.25, 0.3) is 0 Å².